The van der Waals surface area contributed by atoms with Gasteiger partial charge in [0, 0.05) is 0 Å². The summed E-state index contributed by atoms with van der Waals surface area (Å²) in [5.74, 6) is -0.382. The van der Waals surface area contributed by atoms with Crippen LogP contribution in [0.1, 0.15) is 20.8 Å². The first kappa shape index (κ1) is 19.3. The van der Waals surface area contributed by atoms with Crippen molar-refractivity contribution in [2.75, 3.05) is 13.2 Å². The van der Waals surface area contributed by atoms with Crippen LogP contribution in [-0.2, 0) is 9.16 Å². The molecule has 0 saturated heterocycles. The van der Waals surface area contributed by atoms with E-state index >= 15 is 0 Å². The molecular weight excluding hydrogens is 325 g/mol. The third-order valence-electron chi connectivity index (χ3n) is 3.09. The molecule has 7 heteroatoms. The van der Waals surface area contributed by atoms with Gasteiger partial charge in [0.05, 0.1) is 6.61 Å². The van der Waals surface area contributed by atoms with E-state index in [0.29, 0.717) is 6.61 Å². The quantitative estimate of drug-likeness (QED) is 0.252. The molecule has 0 aliphatic heterocycles. The molecule has 0 amide bonds. The van der Waals surface area contributed by atoms with Crippen molar-refractivity contribution in [2.45, 2.75) is 42.7 Å². The van der Waals surface area contributed by atoms with Crippen LogP contribution in [0.4, 0.5) is 0 Å². The first-order valence-corrected chi connectivity index (χ1v) is 9.99. The maximum atomic E-state index is 7.33. The van der Waals surface area contributed by atoms with Crippen molar-refractivity contribution in [2.24, 2.45) is 0 Å². The zero-order valence-corrected chi connectivity index (χ0v) is 15.3. The predicted molar refractivity (Wildman–Crippen MR) is 86.3 cm³/mol. The standard InChI is InChI=1S/C12H22Cl3NO2Si/c1-11(2,3)19(4,5)18-9-7-6-8-17-10(16)12(13,14)15/h6-7,16H,8-9H2,1-5H3/b7-6-,16-10?. The summed E-state index contributed by atoms with van der Waals surface area (Å²) in [6.45, 7) is 11.7. The molecule has 0 heterocycles. The minimum atomic E-state index is -1.80. The number of hydrogen-bond acceptors (Lipinski definition) is 3. The third-order valence-corrected chi connectivity index (χ3v) is 8.11. The topological polar surface area (TPSA) is 42.3 Å². The largest absolute Gasteiger partial charge is 0.474 e. The van der Waals surface area contributed by atoms with Crippen molar-refractivity contribution in [3.8, 4) is 0 Å². The van der Waals surface area contributed by atoms with E-state index in [4.69, 9.17) is 49.4 Å². The van der Waals surface area contributed by atoms with Crippen molar-refractivity contribution in [3.05, 3.63) is 12.2 Å². The molecule has 0 aliphatic rings. The monoisotopic (exact) mass is 345 g/mol. The van der Waals surface area contributed by atoms with Gasteiger partial charge in [-0.05, 0) is 24.2 Å². The fourth-order valence-corrected chi connectivity index (χ4v) is 1.93. The highest BCUT2D eigenvalue weighted by Gasteiger charge is 2.36. The lowest BCUT2D eigenvalue weighted by Gasteiger charge is -2.35. The lowest BCUT2D eigenvalue weighted by atomic mass is 10.2. The van der Waals surface area contributed by atoms with Crippen molar-refractivity contribution >= 4 is 49.0 Å². The van der Waals surface area contributed by atoms with Crippen molar-refractivity contribution in [3.63, 3.8) is 0 Å². The zero-order chi connectivity index (χ0) is 15.3. The SMILES string of the molecule is CC(C)(C)[Si](C)(C)OC/C=C\COC(=N)C(Cl)(Cl)Cl. The molecule has 1 N–H and O–H groups in total. The van der Waals surface area contributed by atoms with Crippen molar-refractivity contribution in [1.29, 1.82) is 5.41 Å². The molecule has 0 fully saturated rings. The van der Waals surface area contributed by atoms with Crippen LogP contribution in [-0.4, -0.2) is 31.2 Å². The number of nitrogens with one attached hydrogen (secondary N) is 1. The van der Waals surface area contributed by atoms with Gasteiger partial charge in [0.25, 0.3) is 3.79 Å². The van der Waals surface area contributed by atoms with E-state index in [-0.39, 0.29) is 17.5 Å². The Morgan fingerprint density at radius 2 is 1.58 bits per heavy atom. The van der Waals surface area contributed by atoms with Crippen LogP contribution in [0, 0.1) is 5.41 Å². The summed E-state index contributed by atoms with van der Waals surface area (Å²) < 4.78 is 9.10. The van der Waals surface area contributed by atoms with Gasteiger partial charge in [-0.2, -0.15) is 0 Å². The summed E-state index contributed by atoms with van der Waals surface area (Å²) in [6, 6.07) is 0. The van der Waals surface area contributed by atoms with Gasteiger partial charge in [-0.15, -0.1) is 0 Å². The summed E-state index contributed by atoms with van der Waals surface area (Å²) in [7, 11) is -1.71. The van der Waals surface area contributed by atoms with Crippen LogP contribution in [0.3, 0.4) is 0 Å². The van der Waals surface area contributed by atoms with Crippen LogP contribution in [0.15, 0.2) is 12.2 Å². The molecule has 19 heavy (non-hydrogen) atoms. The van der Waals surface area contributed by atoms with E-state index in [1.807, 2.05) is 6.08 Å². The van der Waals surface area contributed by atoms with Crippen LogP contribution >= 0.6 is 34.8 Å². The van der Waals surface area contributed by atoms with Crippen LogP contribution < -0.4 is 0 Å². The van der Waals surface area contributed by atoms with Crippen molar-refractivity contribution in [1.82, 2.24) is 0 Å². The molecular formula is C12H22Cl3NO2Si. The minimum absolute atomic E-state index is 0.188. The van der Waals surface area contributed by atoms with Gasteiger partial charge >= 0.3 is 0 Å². The second kappa shape index (κ2) is 7.32. The Hall–Kier alpha value is 0.257. The lowest BCUT2D eigenvalue weighted by Crippen LogP contribution is -2.40. The molecule has 0 unspecified atom stereocenters. The van der Waals surface area contributed by atoms with E-state index in [1.54, 1.807) is 6.08 Å². The van der Waals surface area contributed by atoms with Crippen LogP contribution in [0.2, 0.25) is 18.1 Å². The summed E-state index contributed by atoms with van der Waals surface area (Å²) in [5, 5.41) is 7.51. The Balaban J connectivity index is 3.98. The summed E-state index contributed by atoms with van der Waals surface area (Å²) >= 11 is 16.4. The number of halogens is 3. The molecule has 0 aromatic heterocycles. The molecule has 0 radical (unpaired) electrons. The minimum Gasteiger partial charge on any atom is -0.474 e. The van der Waals surface area contributed by atoms with Gasteiger partial charge < -0.3 is 9.16 Å². The summed E-state index contributed by atoms with van der Waals surface area (Å²) in [4.78, 5) is 0. The molecule has 112 valence electrons. The van der Waals surface area contributed by atoms with Gasteiger partial charge in [0.2, 0.25) is 5.90 Å². The highest BCUT2D eigenvalue weighted by atomic mass is 35.6. The molecule has 0 rings (SSSR count). The fourth-order valence-electron chi connectivity index (χ4n) is 0.822. The van der Waals surface area contributed by atoms with E-state index in [2.05, 4.69) is 33.9 Å². The molecule has 0 bridgehead atoms. The smallest absolute Gasteiger partial charge is 0.265 e. The highest BCUT2D eigenvalue weighted by Crippen LogP contribution is 2.36. The molecule has 0 atom stereocenters. The normalized spacial score (nSPS) is 13.9. The third kappa shape index (κ3) is 7.56. The number of rotatable bonds is 5. The molecule has 0 aromatic rings. The van der Waals surface area contributed by atoms with Gasteiger partial charge in [-0.25, -0.2) is 0 Å². The Labute approximate surface area is 131 Å². The average Bonchev–Trinajstić information content (AvgIpc) is 2.19. The molecule has 0 aliphatic carbocycles. The van der Waals surface area contributed by atoms with Gasteiger partial charge in [-0.3, -0.25) is 5.41 Å². The maximum Gasteiger partial charge on any atom is 0.265 e. The van der Waals surface area contributed by atoms with E-state index < -0.39 is 12.1 Å². The predicted octanol–water partition coefficient (Wildman–Crippen LogP) is 4.93. The molecule has 0 saturated carbocycles. The number of ether oxygens (including phenoxy) is 1. The second-order valence-corrected chi connectivity index (χ2v) is 12.8. The number of hydrogen-bond donors (Lipinski definition) is 1. The Morgan fingerprint density at radius 3 is 2.00 bits per heavy atom. The average molecular weight is 347 g/mol. The highest BCUT2D eigenvalue weighted by molar-refractivity contribution is 6.76. The summed E-state index contributed by atoms with van der Waals surface area (Å²) in [6.07, 6.45) is 3.60. The van der Waals surface area contributed by atoms with E-state index in [1.165, 1.54) is 0 Å². The number of alkyl halides is 3. The second-order valence-electron chi connectivity index (χ2n) is 5.68. The van der Waals surface area contributed by atoms with Gasteiger partial charge in [0.15, 0.2) is 8.32 Å². The van der Waals surface area contributed by atoms with Crippen molar-refractivity contribution < 1.29 is 9.16 Å². The van der Waals surface area contributed by atoms with E-state index in [9.17, 15) is 0 Å². The maximum absolute atomic E-state index is 7.33. The molecule has 3 nitrogen and oxygen atoms in total. The van der Waals surface area contributed by atoms with Gasteiger partial charge in [-0.1, -0.05) is 61.7 Å². The first-order valence-electron chi connectivity index (χ1n) is 5.95. The first-order chi connectivity index (χ1) is 8.38. The Bertz CT molecular complexity index is 333. The van der Waals surface area contributed by atoms with Crippen LogP contribution in [0.25, 0.3) is 0 Å². The lowest BCUT2D eigenvalue weighted by molar-refractivity contribution is 0.321. The zero-order valence-electron chi connectivity index (χ0n) is 12.0. The molecule has 0 spiro atoms. The van der Waals surface area contributed by atoms with Crippen LogP contribution in [0.5, 0.6) is 0 Å². The summed E-state index contributed by atoms with van der Waals surface area (Å²) in [5.41, 5.74) is 0. The van der Waals surface area contributed by atoms with E-state index in [0.717, 1.165) is 0 Å². The Kier molecular flexibility index (Phi) is 7.42. The Morgan fingerprint density at radius 1 is 1.11 bits per heavy atom. The fraction of sp³-hybridized carbons (Fsp3) is 0.750. The van der Waals surface area contributed by atoms with Gasteiger partial charge in [0.1, 0.15) is 6.61 Å². The molecule has 0 aromatic carbocycles.